The van der Waals surface area contributed by atoms with E-state index in [1.54, 1.807) is 0 Å². The number of benzene rings is 1. The van der Waals surface area contributed by atoms with Crippen LogP contribution in [0.3, 0.4) is 0 Å². The first-order chi connectivity index (χ1) is 7.79. The lowest BCUT2D eigenvalue weighted by atomic mass is 10.1. The number of nitrogens with zero attached hydrogens (tertiary/aromatic N) is 2. The zero-order valence-electron chi connectivity index (χ0n) is 9.75. The molecule has 0 radical (unpaired) electrons. The molecule has 0 unspecified atom stereocenters. The second-order valence-electron chi connectivity index (χ2n) is 4.46. The smallest absolute Gasteiger partial charge is 0.270 e. The molecule has 0 aliphatic carbocycles. The van der Waals surface area contributed by atoms with E-state index in [0.717, 1.165) is 0 Å². The van der Waals surface area contributed by atoms with Gasteiger partial charge in [0, 0.05) is 29.4 Å². The summed E-state index contributed by atoms with van der Waals surface area (Å²) >= 11 is 0. The van der Waals surface area contributed by atoms with Crippen LogP contribution in [0, 0.1) is 10.1 Å². The van der Waals surface area contributed by atoms with E-state index >= 15 is 0 Å². The standard InChI is InChI=1S/C11H15N3O3/c1-11(2,12)7-13-6-8-5-9(14(16)17)3-4-10(8)15/h3-6,15H,7,12H2,1-2H3. The molecule has 6 heteroatoms. The van der Waals surface area contributed by atoms with Crippen molar-refractivity contribution in [1.29, 1.82) is 0 Å². The Bertz CT molecular complexity index is 450. The molecular weight excluding hydrogens is 222 g/mol. The van der Waals surface area contributed by atoms with Crippen molar-refractivity contribution in [3.63, 3.8) is 0 Å². The van der Waals surface area contributed by atoms with Crippen molar-refractivity contribution in [2.45, 2.75) is 19.4 Å². The molecule has 0 aromatic heterocycles. The average molecular weight is 237 g/mol. The molecule has 0 aliphatic heterocycles. The Labute approximate surface area is 98.9 Å². The molecule has 0 fully saturated rings. The summed E-state index contributed by atoms with van der Waals surface area (Å²) in [4.78, 5) is 14.1. The molecule has 6 nitrogen and oxygen atoms in total. The van der Waals surface area contributed by atoms with E-state index in [4.69, 9.17) is 5.73 Å². The van der Waals surface area contributed by atoms with Crippen LogP contribution in [0.2, 0.25) is 0 Å². The maximum Gasteiger partial charge on any atom is 0.270 e. The molecule has 0 atom stereocenters. The van der Waals surface area contributed by atoms with Gasteiger partial charge in [-0.15, -0.1) is 0 Å². The number of rotatable bonds is 4. The number of non-ortho nitro benzene ring substituents is 1. The fourth-order valence-electron chi connectivity index (χ4n) is 1.14. The Morgan fingerprint density at radius 3 is 2.76 bits per heavy atom. The summed E-state index contributed by atoms with van der Waals surface area (Å²) in [5.41, 5.74) is 5.50. The highest BCUT2D eigenvalue weighted by molar-refractivity contribution is 5.84. The minimum absolute atomic E-state index is 0.0471. The van der Waals surface area contributed by atoms with Gasteiger partial charge in [0.15, 0.2) is 0 Å². The van der Waals surface area contributed by atoms with Gasteiger partial charge >= 0.3 is 0 Å². The van der Waals surface area contributed by atoms with Gasteiger partial charge in [0.25, 0.3) is 5.69 Å². The zero-order chi connectivity index (χ0) is 13.1. The first kappa shape index (κ1) is 13.1. The number of aliphatic imine (C=N–C) groups is 1. The Morgan fingerprint density at radius 1 is 1.59 bits per heavy atom. The Hall–Kier alpha value is -1.95. The van der Waals surface area contributed by atoms with E-state index in [1.165, 1.54) is 24.4 Å². The molecule has 3 N–H and O–H groups in total. The molecule has 1 rings (SSSR count). The average Bonchev–Trinajstić information content (AvgIpc) is 2.18. The van der Waals surface area contributed by atoms with Gasteiger partial charge in [0.2, 0.25) is 0 Å². The van der Waals surface area contributed by atoms with Crippen molar-refractivity contribution < 1.29 is 10.0 Å². The van der Waals surface area contributed by atoms with Crippen molar-refractivity contribution in [1.82, 2.24) is 0 Å². The van der Waals surface area contributed by atoms with Gasteiger partial charge in [-0.1, -0.05) is 0 Å². The lowest BCUT2D eigenvalue weighted by Crippen LogP contribution is -2.35. The van der Waals surface area contributed by atoms with Gasteiger partial charge in [0.05, 0.1) is 11.5 Å². The van der Waals surface area contributed by atoms with Crippen molar-refractivity contribution in [3.05, 3.63) is 33.9 Å². The second-order valence-corrected chi connectivity index (χ2v) is 4.46. The molecule has 1 aromatic rings. The lowest BCUT2D eigenvalue weighted by Gasteiger charge is -2.14. The highest BCUT2D eigenvalue weighted by Crippen LogP contribution is 2.21. The number of nitro benzene ring substituents is 1. The molecule has 0 amide bonds. The molecule has 0 heterocycles. The minimum atomic E-state index is -0.524. The highest BCUT2D eigenvalue weighted by Gasteiger charge is 2.10. The van der Waals surface area contributed by atoms with Gasteiger partial charge in [-0.3, -0.25) is 15.1 Å². The zero-order valence-corrected chi connectivity index (χ0v) is 9.75. The molecular formula is C11H15N3O3. The Kier molecular flexibility index (Phi) is 3.80. The van der Waals surface area contributed by atoms with Gasteiger partial charge in [0.1, 0.15) is 5.75 Å². The van der Waals surface area contributed by atoms with Crippen LogP contribution in [0.25, 0.3) is 0 Å². The monoisotopic (exact) mass is 237 g/mol. The van der Waals surface area contributed by atoms with Crippen LogP contribution < -0.4 is 5.73 Å². The number of hydrogen-bond donors (Lipinski definition) is 2. The number of nitrogens with two attached hydrogens (primary N) is 1. The number of hydrogen-bond acceptors (Lipinski definition) is 5. The van der Waals surface area contributed by atoms with E-state index in [-0.39, 0.29) is 11.4 Å². The molecule has 0 aliphatic rings. The summed E-state index contributed by atoms with van der Waals surface area (Å²) < 4.78 is 0. The fraction of sp³-hybridized carbons (Fsp3) is 0.364. The van der Waals surface area contributed by atoms with E-state index in [0.29, 0.717) is 12.1 Å². The maximum atomic E-state index is 10.6. The Morgan fingerprint density at radius 2 is 2.24 bits per heavy atom. The van der Waals surface area contributed by atoms with E-state index in [2.05, 4.69) is 4.99 Å². The molecule has 1 aromatic carbocycles. The minimum Gasteiger partial charge on any atom is -0.507 e. The third-order valence-corrected chi connectivity index (χ3v) is 1.95. The molecule has 0 saturated carbocycles. The van der Waals surface area contributed by atoms with Crippen molar-refractivity contribution in [2.24, 2.45) is 10.7 Å². The third-order valence-electron chi connectivity index (χ3n) is 1.95. The van der Waals surface area contributed by atoms with E-state index in [1.807, 2.05) is 13.8 Å². The Balaban J connectivity index is 2.90. The predicted molar refractivity (Wildman–Crippen MR) is 65.5 cm³/mol. The van der Waals surface area contributed by atoms with Crippen LogP contribution >= 0.6 is 0 Å². The molecule has 92 valence electrons. The SMILES string of the molecule is CC(C)(N)CN=Cc1cc([N+](=O)[O-])ccc1O. The van der Waals surface area contributed by atoms with Crippen LogP contribution in [-0.4, -0.2) is 28.3 Å². The summed E-state index contributed by atoms with van der Waals surface area (Å²) in [6.07, 6.45) is 1.39. The quantitative estimate of drug-likeness (QED) is 0.470. The summed E-state index contributed by atoms with van der Waals surface area (Å²) in [5, 5.41) is 20.1. The lowest BCUT2D eigenvalue weighted by molar-refractivity contribution is -0.384. The number of nitro groups is 1. The fourth-order valence-corrected chi connectivity index (χ4v) is 1.14. The largest absolute Gasteiger partial charge is 0.507 e. The normalized spacial score (nSPS) is 11.9. The predicted octanol–water partition coefficient (Wildman–Crippen LogP) is 1.46. The maximum absolute atomic E-state index is 10.6. The van der Waals surface area contributed by atoms with Crippen molar-refractivity contribution in [3.8, 4) is 5.75 Å². The van der Waals surface area contributed by atoms with Crippen LogP contribution in [0.4, 0.5) is 5.69 Å². The molecule has 17 heavy (non-hydrogen) atoms. The van der Waals surface area contributed by atoms with Gasteiger partial charge < -0.3 is 10.8 Å². The summed E-state index contributed by atoms with van der Waals surface area (Å²) in [5.74, 6) is -0.0471. The van der Waals surface area contributed by atoms with Gasteiger partial charge in [-0.2, -0.15) is 0 Å². The number of aromatic hydroxyl groups is 1. The van der Waals surface area contributed by atoms with Crippen LogP contribution in [0.15, 0.2) is 23.2 Å². The summed E-state index contributed by atoms with van der Waals surface area (Å²) in [7, 11) is 0. The highest BCUT2D eigenvalue weighted by atomic mass is 16.6. The van der Waals surface area contributed by atoms with Gasteiger partial charge in [-0.05, 0) is 19.9 Å². The van der Waals surface area contributed by atoms with Crippen molar-refractivity contribution >= 4 is 11.9 Å². The first-order valence-electron chi connectivity index (χ1n) is 5.06. The number of phenolic OH excluding ortho intramolecular Hbond substituents is 1. The molecule has 0 bridgehead atoms. The topological polar surface area (TPSA) is 102 Å². The number of phenols is 1. The van der Waals surface area contributed by atoms with Crippen molar-refractivity contribution in [2.75, 3.05) is 6.54 Å². The first-order valence-corrected chi connectivity index (χ1v) is 5.06. The summed E-state index contributed by atoms with van der Waals surface area (Å²) in [6.45, 7) is 4.00. The van der Waals surface area contributed by atoms with Crippen LogP contribution in [0.5, 0.6) is 5.75 Å². The van der Waals surface area contributed by atoms with E-state index in [9.17, 15) is 15.2 Å². The molecule has 0 saturated heterocycles. The third kappa shape index (κ3) is 4.20. The van der Waals surface area contributed by atoms with E-state index < -0.39 is 10.5 Å². The van der Waals surface area contributed by atoms with Crippen LogP contribution in [0.1, 0.15) is 19.4 Å². The summed E-state index contributed by atoms with van der Waals surface area (Å²) in [6, 6.07) is 3.77. The second kappa shape index (κ2) is 4.92. The van der Waals surface area contributed by atoms with Crippen LogP contribution in [-0.2, 0) is 0 Å². The molecule has 0 spiro atoms. The van der Waals surface area contributed by atoms with Gasteiger partial charge in [-0.25, -0.2) is 0 Å².